The number of methoxy groups -OCH3 is 2. The quantitative estimate of drug-likeness (QED) is 0.824. The van der Waals surface area contributed by atoms with E-state index in [0.29, 0.717) is 0 Å². The highest BCUT2D eigenvalue weighted by Gasteiger charge is 2.48. The Kier molecular flexibility index (Phi) is 4.62. The first kappa shape index (κ1) is 15.7. The fraction of sp³-hybridized carbons (Fsp3) is 0.600. The minimum absolute atomic E-state index is 0.241. The first-order valence-electron chi connectivity index (χ1n) is 7.09. The number of rotatable bonds is 3. The van der Waals surface area contributed by atoms with Gasteiger partial charge in [0.05, 0.1) is 13.7 Å². The largest absolute Gasteiger partial charge is 0.497 e. The van der Waals surface area contributed by atoms with Crippen LogP contribution in [0.3, 0.4) is 0 Å². The molecule has 0 spiro atoms. The molecule has 3 rings (SSSR count). The molecule has 0 aromatic heterocycles. The number of hydrogen-bond acceptors (Lipinski definition) is 7. The maximum absolute atomic E-state index is 10.2. The molecule has 7 nitrogen and oxygen atoms in total. The van der Waals surface area contributed by atoms with E-state index in [1.807, 2.05) is 12.1 Å². The van der Waals surface area contributed by atoms with Gasteiger partial charge in [0.25, 0.3) is 0 Å². The van der Waals surface area contributed by atoms with E-state index in [-0.39, 0.29) is 6.61 Å². The molecule has 7 heteroatoms. The van der Waals surface area contributed by atoms with Gasteiger partial charge in [-0.2, -0.15) is 0 Å². The Morgan fingerprint density at radius 1 is 1.05 bits per heavy atom. The van der Waals surface area contributed by atoms with Crippen molar-refractivity contribution in [3.8, 4) is 5.75 Å². The monoisotopic (exact) mass is 312 g/mol. The van der Waals surface area contributed by atoms with Gasteiger partial charge in [-0.15, -0.1) is 0 Å². The van der Waals surface area contributed by atoms with Crippen LogP contribution in [0.5, 0.6) is 5.75 Å². The third-order valence-corrected chi connectivity index (χ3v) is 3.95. The maximum Gasteiger partial charge on any atom is 0.186 e. The fourth-order valence-electron chi connectivity index (χ4n) is 2.70. The molecule has 0 saturated carbocycles. The molecule has 22 heavy (non-hydrogen) atoms. The van der Waals surface area contributed by atoms with Crippen molar-refractivity contribution in [1.82, 2.24) is 0 Å². The molecule has 2 aliphatic rings. The van der Waals surface area contributed by atoms with Crippen LogP contribution in [0.1, 0.15) is 11.9 Å². The summed E-state index contributed by atoms with van der Waals surface area (Å²) in [4.78, 5) is 0. The minimum Gasteiger partial charge on any atom is -0.497 e. The van der Waals surface area contributed by atoms with Crippen molar-refractivity contribution < 1.29 is 33.9 Å². The molecule has 0 radical (unpaired) electrons. The third kappa shape index (κ3) is 2.83. The zero-order valence-electron chi connectivity index (χ0n) is 12.4. The molecule has 2 heterocycles. The van der Waals surface area contributed by atoms with Crippen molar-refractivity contribution in [2.75, 3.05) is 20.8 Å². The molecule has 2 aliphatic heterocycles. The van der Waals surface area contributed by atoms with Gasteiger partial charge in [-0.3, -0.25) is 0 Å². The SMILES string of the molecule is COc1ccc([C@H]2OC[C@H]3O[C@H](OC)[C@H](O)[C@@H](O)[C@H]3O2)cc1. The number of aliphatic hydroxyl groups is 2. The lowest BCUT2D eigenvalue weighted by molar-refractivity contribution is -0.358. The molecule has 0 aliphatic carbocycles. The van der Waals surface area contributed by atoms with Crippen molar-refractivity contribution in [3.05, 3.63) is 29.8 Å². The molecule has 2 N–H and O–H groups in total. The van der Waals surface area contributed by atoms with Crippen LogP contribution in [0.2, 0.25) is 0 Å². The first-order chi connectivity index (χ1) is 10.6. The molecule has 1 aromatic rings. The number of ether oxygens (including phenoxy) is 5. The van der Waals surface area contributed by atoms with Gasteiger partial charge in [0, 0.05) is 12.7 Å². The van der Waals surface area contributed by atoms with Crippen LogP contribution in [0.4, 0.5) is 0 Å². The Morgan fingerprint density at radius 3 is 2.41 bits per heavy atom. The summed E-state index contributed by atoms with van der Waals surface area (Å²) >= 11 is 0. The van der Waals surface area contributed by atoms with Crippen LogP contribution in [0.25, 0.3) is 0 Å². The van der Waals surface area contributed by atoms with E-state index in [1.54, 1.807) is 19.2 Å². The van der Waals surface area contributed by atoms with Crippen LogP contribution in [-0.4, -0.2) is 61.7 Å². The normalized spacial score (nSPS) is 38.4. The molecule has 122 valence electrons. The van der Waals surface area contributed by atoms with Crippen molar-refractivity contribution in [1.29, 1.82) is 0 Å². The number of benzene rings is 1. The second kappa shape index (κ2) is 6.49. The Bertz CT molecular complexity index is 489. The summed E-state index contributed by atoms with van der Waals surface area (Å²) in [5, 5.41) is 20.2. The van der Waals surface area contributed by atoms with Gasteiger partial charge in [-0.1, -0.05) is 12.1 Å². The van der Waals surface area contributed by atoms with Gasteiger partial charge >= 0.3 is 0 Å². The van der Waals surface area contributed by atoms with Crippen LogP contribution < -0.4 is 4.74 Å². The van der Waals surface area contributed by atoms with Crippen LogP contribution in [-0.2, 0) is 18.9 Å². The molecule has 0 amide bonds. The van der Waals surface area contributed by atoms with E-state index in [0.717, 1.165) is 11.3 Å². The Labute approximate surface area is 128 Å². The smallest absolute Gasteiger partial charge is 0.186 e. The second-order valence-electron chi connectivity index (χ2n) is 5.30. The lowest BCUT2D eigenvalue weighted by Gasteiger charge is -2.45. The van der Waals surface area contributed by atoms with Gasteiger partial charge in [0.2, 0.25) is 0 Å². The van der Waals surface area contributed by atoms with Gasteiger partial charge in [-0.05, 0) is 12.1 Å². The third-order valence-electron chi connectivity index (χ3n) is 3.95. The van der Waals surface area contributed by atoms with Crippen molar-refractivity contribution in [2.45, 2.75) is 37.0 Å². The predicted octanol–water partition coefficient (Wildman–Crippen LogP) is 0.202. The van der Waals surface area contributed by atoms with E-state index in [4.69, 9.17) is 23.7 Å². The molecule has 2 fully saturated rings. The van der Waals surface area contributed by atoms with E-state index in [1.165, 1.54) is 7.11 Å². The van der Waals surface area contributed by atoms with Gasteiger partial charge in [0.1, 0.15) is 30.2 Å². The average molecular weight is 312 g/mol. The van der Waals surface area contributed by atoms with E-state index < -0.39 is 37.0 Å². The topological polar surface area (TPSA) is 86.6 Å². The van der Waals surface area contributed by atoms with Crippen molar-refractivity contribution in [2.24, 2.45) is 0 Å². The summed E-state index contributed by atoms with van der Waals surface area (Å²) in [6.07, 6.45) is -4.95. The second-order valence-corrected chi connectivity index (χ2v) is 5.30. The van der Waals surface area contributed by atoms with E-state index in [9.17, 15) is 10.2 Å². The zero-order chi connectivity index (χ0) is 15.7. The summed E-state index contributed by atoms with van der Waals surface area (Å²) in [5.74, 6) is 0.733. The zero-order valence-corrected chi connectivity index (χ0v) is 12.4. The highest BCUT2D eigenvalue weighted by molar-refractivity contribution is 5.28. The lowest BCUT2D eigenvalue weighted by Crippen LogP contribution is -2.62. The van der Waals surface area contributed by atoms with Crippen molar-refractivity contribution in [3.63, 3.8) is 0 Å². The standard InChI is InChI=1S/C15H20O7/c1-18-9-5-3-8(4-6-9)14-20-7-10-13(22-14)11(16)12(17)15(19-2)21-10/h3-6,10-17H,7H2,1-2H3/t10-,11-,12-,13+,14+,15+/m1/s1. The first-order valence-corrected chi connectivity index (χ1v) is 7.09. The maximum atomic E-state index is 10.2. The summed E-state index contributed by atoms with van der Waals surface area (Å²) in [7, 11) is 3.00. The molecular formula is C15H20O7. The Balaban J connectivity index is 1.72. The molecular weight excluding hydrogens is 292 g/mol. The Hall–Kier alpha value is -1.22. The van der Waals surface area contributed by atoms with Crippen LogP contribution in [0.15, 0.2) is 24.3 Å². The highest BCUT2D eigenvalue weighted by atomic mass is 16.7. The van der Waals surface area contributed by atoms with E-state index >= 15 is 0 Å². The summed E-state index contributed by atoms with van der Waals surface area (Å²) in [5.41, 5.74) is 0.801. The van der Waals surface area contributed by atoms with Gasteiger partial charge < -0.3 is 33.9 Å². The highest BCUT2D eigenvalue weighted by Crippen LogP contribution is 2.34. The molecule has 0 bridgehead atoms. The van der Waals surface area contributed by atoms with Crippen molar-refractivity contribution >= 4 is 0 Å². The predicted molar refractivity (Wildman–Crippen MR) is 74.2 cm³/mol. The summed E-state index contributed by atoms with van der Waals surface area (Å²) in [6.45, 7) is 0.241. The van der Waals surface area contributed by atoms with Crippen LogP contribution >= 0.6 is 0 Å². The number of fused-ring (bicyclic) bond motifs is 1. The Morgan fingerprint density at radius 2 is 1.77 bits per heavy atom. The minimum atomic E-state index is -1.17. The van der Waals surface area contributed by atoms with Gasteiger partial charge in [0.15, 0.2) is 12.6 Å². The summed E-state index contributed by atoms with van der Waals surface area (Å²) < 4.78 is 27.1. The van der Waals surface area contributed by atoms with E-state index in [2.05, 4.69) is 0 Å². The molecule has 6 atom stereocenters. The molecule has 1 aromatic carbocycles. The summed E-state index contributed by atoms with van der Waals surface area (Å²) in [6, 6.07) is 7.26. The number of aliphatic hydroxyl groups excluding tert-OH is 2. The average Bonchev–Trinajstić information content (AvgIpc) is 2.58. The van der Waals surface area contributed by atoms with Gasteiger partial charge in [-0.25, -0.2) is 0 Å². The number of hydrogen-bond donors (Lipinski definition) is 2. The lowest BCUT2D eigenvalue weighted by atomic mass is 9.98. The fourth-order valence-corrected chi connectivity index (χ4v) is 2.70. The molecule has 0 unspecified atom stereocenters. The molecule has 2 saturated heterocycles. The van der Waals surface area contributed by atoms with Crippen LogP contribution in [0, 0.1) is 0 Å².